The zero-order chi connectivity index (χ0) is 46.3. The summed E-state index contributed by atoms with van der Waals surface area (Å²) in [7, 11) is 0. The normalized spacial score (nSPS) is 15.5. The molecule has 6 rings (SSSR count). The van der Waals surface area contributed by atoms with Gasteiger partial charge in [0, 0.05) is 74.2 Å². The molecule has 2 aromatic carbocycles. The summed E-state index contributed by atoms with van der Waals surface area (Å²) in [5.74, 6) is -2.35. The number of rotatable bonds is 16. The van der Waals surface area contributed by atoms with Crippen LogP contribution in [0.3, 0.4) is 0 Å². The van der Waals surface area contributed by atoms with Crippen LogP contribution in [0.25, 0.3) is 32.3 Å². The molecule has 0 saturated carbocycles. The van der Waals surface area contributed by atoms with Gasteiger partial charge in [0.25, 0.3) is 0 Å². The van der Waals surface area contributed by atoms with Crippen molar-refractivity contribution in [2.75, 3.05) is 29.9 Å². The Hall–Kier alpha value is -6.53. The summed E-state index contributed by atoms with van der Waals surface area (Å²) in [6.07, 6.45) is 4.42. The van der Waals surface area contributed by atoms with Crippen LogP contribution in [0.4, 0.5) is 21.6 Å². The van der Waals surface area contributed by atoms with Gasteiger partial charge in [0.05, 0.1) is 39.8 Å². The lowest BCUT2D eigenvalue weighted by Gasteiger charge is -2.35. The number of pyridine rings is 2. The number of fused-ring (bicyclic) bond motifs is 1. The van der Waals surface area contributed by atoms with Crippen LogP contribution in [-0.4, -0.2) is 85.8 Å². The first kappa shape index (κ1) is 47.0. The first-order valence-corrected chi connectivity index (χ1v) is 22.0. The lowest BCUT2D eigenvalue weighted by Crippen LogP contribution is -2.57. The van der Waals surface area contributed by atoms with Gasteiger partial charge in [-0.15, -0.1) is 11.3 Å². The summed E-state index contributed by atoms with van der Waals surface area (Å²) in [4.78, 5) is 80.8. The molecule has 1 fully saturated rings. The van der Waals surface area contributed by atoms with Crippen molar-refractivity contribution in [1.29, 1.82) is 0 Å². The summed E-state index contributed by atoms with van der Waals surface area (Å²) in [5.41, 5.74) is 17.7. The van der Waals surface area contributed by atoms with E-state index in [1.807, 2.05) is 52.0 Å². The zero-order valence-electron chi connectivity index (χ0n) is 36.6. The molecule has 1 saturated heterocycles. The van der Waals surface area contributed by atoms with E-state index in [0.29, 0.717) is 40.4 Å². The first-order valence-electron chi connectivity index (χ1n) is 21.1. The van der Waals surface area contributed by atoms with Gasteiger partial charge in [-0.2, -0.15) is 0 Å². The van der Waals surface area contributed by atoms with Crippen LogP contribution in [0.2, 0.25) is 0 Å². The van der Waals surface area contributed by atoms with Crippen LogP contribution in [0.15, 0.2) is 60.5 Å². The second-order valence-electron chi connectivity index (χ2n) is 17.1. The number of carbonyl (C=O) groups excluding carboxylic acids is 5. The van der Waals surface area contributed by atoms with Gasteiger partial charge < -0.3 is 42.7 Å². The molecular weight excluding hydrogens is 840 g/mol. The van der Waals surface area contributed by atoms with Crippen molar-refractivity contribution >= 4 is 68.8 Å². The Morgan fingerprint density at radius 1 is 0.922 bits per heavy atom. The number of aliphatic hydroxyl groups excluding tert-OH is 1. The Balaban J connectivity index is 0.928. The number of aromatic nitrogens is 3. The number of likely N-dealkylation sites (tertiary alicyclic amines) is 1. The molecule has 64 heavy (non-hydrogen) atoms. The standard InChI is InChI=1S/C46H55FN10O6S/c1-25-32(20-50-22-34(25)48)31-16-29-17-36(52-21-33(29)41(49)40(31)47)55-39(61)14-15-51-37(59)8-6-7-9-38(60)56-43(46(3,4)5)45(63)57-23-30(58)18-35(57)44(62)53-19-27-10-12-28(13-11-27)42-26(2)54-24-64-42/h10-13,16-17,20-22,24,30,35,43,58H,6-9,14-15,18-19,23,48-49H2,1-5H3,(H,51,59)(H,53,62)(H,56,60)(H,52,55,61)/t30-,35+,43-/m1/s1. The molecule has 4 heterocycles. The van der Waals surface area contributed by atoms with Gasteiger partial charge in [0.1, 0.15) is 17.9 Å². The van der Waals surface area contributed by atoms with E-state index in [4.69, 9.17) is 11.5 Å². The topological polar surface area (TPSA) is 248 Å². The Labute approximate surface area is 374 Å². The molecule has 0 spiro atoms. The van der Waals surface area contributed by atoms with Crippen LogP contribution in [-0.2, 0) is 30.5 Å². The SMILES string of the molecule is Cc1ncsc1-c1ccc(CNC(=O)[C@@H]2C[C@@H](O)CN2C(=O)[C@@H](NC(=O)CCCCC(=O)NCCC(=O)Nc2cc3cc(-c4cncc(N)c4C)c(F)c(N)c3cn2)C(C)(C)C)cc1. The number of benzene rings is 2. The van der Waals surface area contributed by atoms with E-state index in [0.717, 1.165) is 21.7 Å². The largest absolute Gasteiger partial charge is 0.397 e. The van der Waals surface area contributed by atoms with Crippen molar-refractivity contribution in [3.8, 4) is 21.6 Å². The van der Waals surface area contributed by atoms with E-state index in [9.17, 15) is 29.1 Å². The molecule has 0 radical (unpaired) electrons. The third kappa shape index (κ3) is 11.3. The summed E-state index contributed by atoms with van der Waals surface area (Å²) in [6, 6.07) is 9.09. The third-order valence-electron chi connectivity index (χ3n) is 11.3. The van der Waals surface area contributed by atoms with Crippen molar-refractivity contribution in [1.82, 2.24) is 35.8 Å². The molecule has 0 bridgehead atoms. The fourth-order valence-corrected chi connectivity index (χ4v) is 8.38. The van der Waals surface area contributed by atoms with Gasteiger partial charge in [0.15, 0.2) is 5.82 Å². The predicted molar refractivity (Wildman–Crippen MR) is 245 cm³/mol. The summed E-state index contributed by atoms with van der Waals surface area (Å²) in [5, 5.41) is 22.6. The number of aryl methyl sites for hydroxylation is 1. The second kappa shape index (κ2) is 20.3. The number of nitrogen functional groups attached to an aromatic ring is 2. The summed E-state index contributed by atoms with van der Waals surface area (Å²) < 4.78 is 15.3. The van der Waals surface area contributed by atoms with E-state index in [2.05, 4.69) is 36.2 Å². The van der Waals surface area contributed by atoms with Crippen LogP contribution in [0, 0.1) is 25.1 Å². The molecule has 3 atom stereocenters. The van der Waals surface area contributed by atoms with Crippen molar-refractivity contribution in [2.45, 2.75) is 97.9 Å². The maximum Gasteiger partial charge on any atom is 0.246 e. The number of nitrogens with zero attached hydrogens (tertiary/aromatic N) is 4. The minimum atomic E-state index is -0.975. The number of halogens is 1. The number of β-amino-alcohol motifs (C(OH)–C–C–N with tert-alkyl or cyclic N) is 1. The lowest BCUT2D eigenvalue weighted by atomic mass is 9.85. The maximum absolute atomic E-state index is 15.3. The van der Waals surface area contributed by atoms with Crippen molar-refractivity contribution in [2.24, 2.45) is 5.41 Å². The molecule has 1 aliphatic rings. The molecule has 0 aliphatic carbocycles. The van der Waals surface area contributed by atoms with Crippen LogP contribution in [0.1, 0.15) is 76.1 Å². The molecule has 9 N–H and O–H groups in total. The minimum absolute atomic E-state index is 0.0399. The molecule has 5 amide bonds. The highest BCUT2D eigenvalue weighted by Crippen LogP contribution is 2.36. The van der Waals surface area contributed by atoms with Crippen molar-refractivity contribution < 1.29 is 33.5 Å². The van der Waals surface area contributed by atoms with E-state index < -0.39 is 47.1 Å². The third-order valence-corrected chi connectivity index (χ3v) is 12.2. The minimum Gasteiger partial charge on any atom is -0.397 e. The van der Waals surface area contributed by atoms with Crippen LogP contribution >= 0.6 is 11.3 Å². The molecular formula is C46H55FN10O6S. The first-order chi connectivity index (χ1) is 30.4. The Bertz CT molecular complexity index is 2540. The molecule has 1 aliphatic heterocycles. The molecule has 0 unspecified atom stereocenters. The van der Waals surface area contributed by atoms with Crippen molar-refractivity contribution in [3.63, 3.8) is 0 Å². The Kier molecular flexibility index (Phi) is 14.9. The van der Waals surface area contributed by atoms with E-state index in [1.54, 1.807) is 35.9 Å². The number of aliphatic hydroxyl groups is 1. The van der Waals surface area contributed by atoms with Gasteiger partial charge in [-0.25, -0.2) is 14.4 Å². The second-order valence-corrected chi connectivity index (χ2v) is 18.0. The highest BCUT2D eigenvalue weighted by atomic mass is 32.1. The summed E-state index contributed by atoms with van der Waals surface area (Å²) >= 11 is 1.56. The van der Waals surface area contributed by atoms with Gasteiger partial charge in [0.2, 0.25) is 29.5 Å². The fourth-order valence-electron chi connectivity index (χ4n) is 7.57. The molecule has 3 aromatic heterocycles. The smallest absolute Gasteiger partial charge is 0.246 e. The average molecular weight is 895 g/mol. The number of amides is 5. The summed E-state index contributed by atoms with van der Waals surface area (Å²) in [6.45, 7) is 9.41. The zero-order valence-corrected chi connectivity index (χ0v) is 37.4. The molecule has 18 heteroatoms. The van der Waals surface area contributed by atoms with Gasteiger partial charge in [-0.05, 0) is 66.3 Å². The quantitative estimate of drug-likeness (QED) is 0.0504. The number of unbranched alkanes of at least 4 members (excludes halogenated alkanes) is 1. The van der Waals surface area contributed by atoms with E-state index in [-0.39, 0.29) is 74.2 Å². The van der Waals surface area contributed by atoms with Crippen LogP contribution in [0.5, 0.6) is 0 Å². The average Bonchev–Trinajstić information content (AvgIpc) is 3.87. The number of thiazole rings is 1. The van der Waals surface area contributed by atoms with Gasteiger partial charge in [-0.1, -0.05) is 45.0 Å². The lowest BCUT2D eigenvalue weighted by molar-refractivity contribution is -0.144. The van der Waals surface area contributed by atoms with E-state index in [1.165, 1.54) is 23.5 Å². The number of anilines is 3. The van der Waals surface area contributed by atoms with Gasteiger partial charge in [-0.3, -0.25) is 29.0 Å². The fraction of sp³-hybridized carbons (Fsp3) is 0.391. The number of hydrogen-bond donors (Lipinski definition) is 7. The molecule has 5 aromatic rings. The highest BCUT2D eigenvalue weighted by Gasteiger charge is 2.44. The molecule has 16 nitrogen and oxygen atoms in total. The number of nitrogens with one attached hydrogen (secondary N) is 4. The number of nitrogens with two attached hydrogens (primary N) is 2. The number of carbonyl (C=O) groups is 5. The van der Waals surface area contributed by atoms with Crippen LogP contribution < -0.4 is 32.7 Å². The van der Waals surface area contributed by atoms with Gasteiger partial charge >= 0.3 is 0 Å². The monoisotopic (exact) mass is 894 g/mol. The predicted octanol–water partition coefficient (Wildman–Crippen LogP) is 5.15. The Morgan fingerprint density at radius 3 is 2.33 bits per heavy atom. The highest BCUT2D eigenvalue weighted by molar-refractivity contribution is 7.13. The molecule has 338 valence electrons. The van der Waals surface area contributed by atoms with E-state index >= 15 is 4.39 Å². The maximum atomic E-state index is 15.3. The van der Waals surface area contributed by atoms with Crippen molar-refractivity contribution in [3.05, 3.63) is 83.1 Å². The number of hydrogen-bond acceptors (Lipinski definition) is 12. The Morgan fingerprint density at radius 2 is 1.64 bits per heavy atom.